The summed E-state index contributed by atoms with van der Waals surface area (Å²) < 4.78 is 5.86. The Kier molecular flexibility index (Phi) is 4.07. The van der Waals surface area contributed by atoms with Crippen molar-refractivity contribution in [2.75, 3.05) is 0 Å². The largest absolute Gasteiger partial charge is 0.457 e. The van der Waals surface area contributed by atoms with E-state index >= 15 is 0 Å². The van der Waals surface area contributed by atoms with Crippen LogP contribution < -0.4 is 4.74 Å². The molecule has 4 heteroatoms. The van der Waals surface area contributed by atoms with Crippen LogP contribution in [0.3, 0.4) is 0 Å². The molecule has 0 aliphatic heterocycles. The standard InChI is InChI=1S/C24H17N3O/c1-2-4-20(5-3-1)28-21-9-6-18(7-10-21)24-26-22-11-8-19(16-23(22)27-24)17-12-14-25-15-13-17/h1-16H,(H,26,27). The Bertz CT molecular complexity index is 1210. The van der Waals surface area contributed by atoms with Crippen LogP contribution in [0.4, 0.5) is 0 Å². The van der Waals surface area contributed by atoms with Crippen LogP contribution in [0.15, 0.2) is 97.3 Å². The highest BCUT2D eigenvalue weighted by Crippen LogP contribution is 2.28. The Labute approximate surface area is 162 Å². The molecule has 4 nitrogen and oxygen atoms in total. The van der Waals surface area contributed by atoms with E-state index in [1.54, 1.807) is 12.4 Å². The molecule has 0 amide bonds. The quantitative estimate of drug-likeness (QED) is 0.421. The minimum atomic E-state index is 0.797. The van der Waals surface area contributed by atoms with Crippen molar-refractivity contribution in [1.82, 2.24) is 15.0 Å². The molecular weight excluding hydrogens is 346 g/mol. The average molecular weight is 363 g/mol. The van der Waals surface area contributed by atoms with E-state index in [4.69, 9.17) is 9.72 Å². The molecule has 5 aromatic rings. The second kappa shape index (κ2) is 7.00. The maximum absolute atomic E-state index is 5.86. The highest BCUT2D eigenvalue weighted by Gasteiger charge is 2.07. The first-order valence-electron chi connectivity index (χ1n) is 9.09. The van der Waals surface area contributed by atoms with Gasteiger partial charge in [0, 0.05) is 18.0 Å². The predicted molar refractivity (Wildman–Crippen MR) is 111 cm³/mol. The van der Waals surface area contributed by atoms with Crippen LogP contribution in [-0.4, -0.2) is 15.0 Å². The van der Waals surface area contributed by atoms with E-state index in [1.165, 1.54) is 0 Å². The zero-order valence-corrected chi connectivity index (χ0v) is 15.0. The summed E-state index contributed by atoms with van der Waals surface area (Å²) in [6.45, 7) is 0. The van der Waals surface area contributed by atoms with Crippen molar-refractivity contribution in [1.29, 1.82) is 0 Å². The van der Waals surface area contributed by atoms with Gasteiger partial charge in [-0.15, -0.1) is 0 Å². The monoisotopic (exact) mass is 363 g/mol. The van der Waals surface area contributed by atoms with Crippen molar-refractivity contribution in [3.05, 3.63) is 97.3 Å². The van der Waals surface area contributed by atoms with Gasteiger partial charge in [0.2, 0.25) is 0 Å². The lowest BCUT2D eigenvalue weighted by atomic mass is 10.1. The molecule has 0 spiro atoms. The molecule has 2 heterocycles. The van der Waals surface area contributed by atoms with Crippen molar-refractivity contribution in [2.24, 2.45) is 0 Å². The first-order chi connectivity index (χ1) is 13.8. The van der Waals surface area contributed by atoms with Gasteiger partial charge in [-0.2, -0.15) is 0 Å². The van der Waals surface area contributed by atoms with Crippen LogP contribution >= 0.6 is 0 Å². The number of pyridine rings is 1. The van der Waals surface area contributed by atoms with Gasteiger partial charge in [0.25, 0.3) is 0 Å². The molecule has 28 heavy (non-hydrogen) atoms. The van der Waals surface area contributed by atoms with E-state index < -0.39 is 0 Å². The Balaban J connectivity index is 1.43. The fourth-order valence-electron chi connectivity index (χ4n) is 3.18. The number of fused-ring (bicyclic) bond motifs is 1. The highest BCUT2D eigenvalue weighted by molar-refractivity contribution is 5.84. The predicted octanol–water partition coefficient (Wildman–Crippen LogP) is 6.08. The maximum atomic E-state index is 5.86. The van der Waals surface area contributed by atoms with Crippen molar-refractivity contribution in [3.63, 3.8) is 0 Å². The Morgan fingerprint density at radius 2 is 1.36 bits per heavy atom. The van der Waals surface area contributed by atoms with Crippen LogP contribution in [0.1, 0.15) is 0 Å². The number of nitrogens with zero attached hydrogens (tertiary/aromatic N) is 2. The molecule has 0 fully saturated rings. The van der Waals surface area contributed by atoms with E-state index in [0.29, 0.717) is 0 Å². The van der Waals surface area contributed by atoms with E-state index in [9.17, 15) is 0 Å². The zero-order valence-electron chi connectivity index (χ0n) is 15.0. The zero-order chi connectivity index (χ0) is 18.8. The Hall–Kier alpha value is -3.92. The van der Waals surface area contributed by atoms with Gasteiger partial charge in [-0.25, -0.2) is 4.98 Å². The number of aromatic amines is 1. The summed E-state index contributed by atoms with van der Waals surface area (Å²) in [4.78, 5) is 12.2. The number of imidazole rings is 1. The fraction of sp³-hybridized carbons (Fsp3) is 0. The number of hydrogen-bond acceptors (Lipinski definition) is 3. The summed E-state index contributed by atoms with van der Waals surface area (Å²) in [7, 11) is 0. The molecular formula is C24H17N3O. The summed E-state index contributed by atoms with van der Waals surface area (Å²) in [6.07, 6.45) is 3.61. The van der Waals surface area contributed by atoms with Crippen LogP contribution in [0.5, 0.6) is 11.5 Å². The summed E-state index contributed by atoms with van der Waals surface area (Å²) in [5.41, 5.74) is 5.24. The molecule has 134 valence electrons. The number of hydrogen-bond donors (Lipinski definition) is 1. The Morgan fingerprint density at radius 1 is 0.643 bits per heavy atom. The molecule has 0 saturated heterocycles. The molecule has 3 aromatic carbocycles. The topological polar surface area (TPSA) is 50.8 Å². The van der Waals surface area contributed by atoms with E-state index in [2.05, 4.69) is 22.1 Å². The van der Waals surface area contributed by atoms with Crippen molar-refractivity contribution in [3.8, 4) is 34.0 Å². The van der Waals surface area contributed by atoms with Crippen LogP contribution in [0, 0.1) is 0 Å². The fourth-order valence-corrected chi connectivity index (χ4v) is 3.18. The SMILES string of the molecule is c1ccc(Oc2ccc(-c3nc4ccc(-c5ccncc5)cc4[nH]3)cc2)cc1. The number of H-pyrrole nitrogens is 1. The molecule has 0 radical (unpaired) electrons. The van der Waals surface area contributed by atoms with Crippen molar-refractivity contribution >= 4 is 11.0 Å². The number of ether oxygens (including phenoxy) is 1. The maximum Gasteiger partial charge on any atom is 0.138 e. The normalized spacial score (nSPS) is 10.9. The summed E-state index contributed by atoms with van der Waals surface area (Å²) >= 11 is 0. The highest BCUT2D eigenvalue weighted by atomic mass is 16.5. The molecule has 0 aliphatic rings. The minimum absolute atomic E-state index is 0.797. The third kappa shape index (κ3) is 3.23. The lowest BCUT2D eigenvalue weighted by Crippen LogP contribution is -1.84. The first kappa shape index (κ1) is 16.3. The average Bonchev–Trinajstić information content (AvgIpc) is 3.19. The second-order valence-corrected chi connectivity index (χ2v) is 6.49. The van der Waals surface area contributed by atoms with E-state index in [0.717, 1.165) is 45.0 Å². The molecule has 0 aliphatic carbocycles. The van der Waals surface area contributed by atoms with Gasteiger partial charge in [-0.05, 0) is 71.8 Å². The van der Waals surface area contributed by atoms with E-state index in [-0.39, 0.29) is 0 Å². The van der Waals surface area contributed by atoms with Gasteiger partial charge in [-0.1, -0.05) is 24.3 Å². The van der Waals surface area contributed by atoms with Crippen LogP contribution in [0.25, 0.3) is 33.5 Å². The van der Waals surface area contributed by atoms with Crippen molar-refractivity contribution < 1.29 is 4.74 Å². The molecule has 0 saturated carbocycles. The summed E-state index contributed by atoms with van der Waals surface area (Å²) in [5, 5.41) is 0. The molecule has 0 unspecified atom stereocenters. The van der Waals surface area contributed by atoms with Crippen LogP contribution in [-0.2, 0) is 0 Å². The lowest BCUT2D eigenvalue weighted by Gasteiger charge is -2.05. The summed E-state index contributed by atoms with van der Waals surface area (Å²) in [5.74, 6) is 2.46. The molecule has 2 aromatic heterocycles. The third-order valence-corrected chi connectivity index (χ3v) is 4.60. The first-order valence-corrected chi connectivity index (χ1v) is 9.09. The van der Waals surface area contributed by atoms with Gasteiger partial charge in [0.1, 0.15) is 17.3 Å². The van der Waals surface area contributed by atoms with Gasteiger partial charge in [0.05, 0.1) is 11.0 Å². The third-order valence-electron chi connectivity index (χ3n) is 4.60. The molecule has 0 bridgehead atoms. The Morgan fingerprint density at radius 3 is 2.14 bits per heavy atom. The lowest BCUT2D eigenvalue weighted by molar-refractivity contribution is 0.483. The molecule has 1 N–H and O–H groups in total. The van der Waals surface area contributed by atoms with Gasteiger partial charge < -0.3 is 9.72 Å². The smallest absolute Gasteiger partial charge is 0.138 e. The van der Waals surface area contributed by atoms with Crippen LogP contribution in [0.2, 0.25) is 0 Å². The van der Waals surface area contributed by atoms with Gasteiger partial charge in [0.15, 0.2) is 0 Å². The molecule has 0 atom stereocenters. The molecule has 5 rings (SSSR count). The number of aromatic nitrogens is 3. The summed E-state index contributed by atoms with van der Waals surface area (Å²) in [6, 6.07) is 27.9. The van der Waals surface area contributed by atoms with Crippen molar-refractivity contribution in [2.45, 2.75) is 0 Å². The number of nitrogens with one attached hydrogen (secondary N) is 1. The number of benzene rings is 3. The number of rotatable bonds is 4. The number of para-hydroxylation sites is 1. The minimum Gasteiger partial charge on any atom is -0.457 e. The second-order valence-electron chi connectivity index (χ2n) is 6.49. The van der Waals surface area contributed by atoms with Gasteiger partial charge in [-0.3, -0.25) is 4.98 Å². The van der Waals surface area contributed by atoms with E-state index in [1.807, 2.05) is 72.8 Å². The van der Waals surface area contributed by atoms with Gasteiger partial charge >= 0.3 is 0 Å².